The van der Waals surface area contributed by atoms with Gasteiger partial charge in [0.15, 0.2) is 16.3 Å². The molecule has 5 rings (SSSR count). The Morgan fingerprint density at radius 1 is 1.00 bits per heavy atom. The van der Waals surface area contributed by atoms with Gasteiger partial charge in [-0.1, -0.05) is 41.7 Å². The molecule has 0 unspecified atom stereocenters. The van der Waals surface area contributed by atoms with Gasteiger partial charge in [0.05, 0.1) is 48.2 Å². The summed E-state index contributed by atoms with van der Waals surface area (Å²) in [6.07, 6.45) is 1.71. The lowest BCUT2D eigenvalue weighted by Gasteiger charge is -2.24. The van der Waals surface area contributed by atoms with Gasteiger partial charge in [-0.3, -0.25) is 9.36 Å². The summed E-state index contributed by atoms with van der Waals surface area (Å²) in [4.78, 5) is 44.8. The van der Waals surface area contributed by atoms with E-state index in [4.69, 9.17) is 18.9 Å². The number of benzene rings is 3. The topological polar surface area (TPSA) is 105 Å². The van der Waals surface area contributed by atoms with E-state index in [0.717, 1.165) is 3.57 Å². The third-order valence-electron chi connectivity index (χ3n) is 6.73. The number of halogens is 1. The first-order valence-electron chi connectivity index (χ1n) is 13.2. The molecule has 4 aromatic rings. The Hall–Kier alpha value is -4.23. The van der Waals surface area contributed by atoms with E-state index in [1.165, 1.54) is 23.0 Å². The van der Waals surface area contributed by atoms with Crippen molar-refractivity contribution in [3.8, 4) is 17.2 Å². The third-order valence-corrected chi connectivity index (χ3v) is 8.65. The van der Waals surface area contributed by atoms with Crippen LogP contribution in [0.15, 0.2) is 87.8 Å². The molecule has 43 heavy (non-hydrogen) atoms. The number of hydrogen-bond acceptors (Lipinski definition) is 9. The number of aromatic nitrogens is 1. The van der Waals surface area contributed by atoms with Crippen molar-refractivity contribution < 1.29 is 28.5 Å². The summed E-state index contributed by atoms with van der Waals surface area (Å²) in [5.74, 6) is 0.197. The molecule has 1 aliphatic heterocycles. The summed E-state index contributed by atoms with van der Waals surface area (Å²) in [5, 5.41) is 0. The number of allylic oxidation sites excluding steroid dienone is 1. The Bertz CT molecular complexity index is 1930. The number of esters is 2. The Balaban J connectivity index is 1.56. The van der Waals surface area contributed by atoms with Gasteiger partial charge in [0.25, 0.3) is 5.56 Å². The van der Waals surface area contributed by atoms with Crippen molar-refractivity contribution in [1.29, 1.82) is 0 Å². The van der Waals surface area contributed by atoms with Gasteiger partial charge in [0.1, 0.15) is 5.75 Å². The summed E-state index contributed by atoms with van der Waals surface area (Å²) < 4.78 is 24.5. The summed E-state index contributed by atoms with van der Waals surface area (Å²) in [7, 11) is 3.05. The summed E-state index contributed by atoms with van der Waals surface area (Å²) in [5.41, 5.74) is 2.27. The van der Waals surface area contributed by atoms with Crippen LogP contribution in [-0.2, 0) is 9.53 Å². The SMILES string of the molecule is CCOC(=O)C1=C(C)N=c2sc(=Cc3ccc(OC(=O)c4ccccc4I)c(OC)c3)c(=O)n2[C@H]1c1ccc(OC)cc1. The van der Waals surface area contributed by atoms with Crippen LogP contribution in [0.1, 0.15) is 41.4 Å². The molecule has 2 heterocycles. The zero-order valence-electron chi connectivity index (χ0n) is 23.8. The molecule has 0 N–H and O–H groups in total. The first-order chi connectivity index (χ1) is 20.7. The molecule has 220 valence electrons. The van der Waals surface area contributed by atoms with Crippen LogP contribution in [0.4, 0.5) is 0 Å². The van der Waals surface area contributed by atoms with Crippen LogP contribution < -0.4 is 29.1 Å². The van der Waals surface area contributed by atoms with Gasteiger partial charge in [-0.25, -0.2) is 14.6 Å². The van der Waals surface area contributed by atoms with E-state index < -0.39 is 18.0 Å². The van der Waals surface area contributed by atoms with Gasteiger partial charge in [0.2, 0.25) is 0 Å². The minimum Gasteiger partial charge on any atom is -0.497 e. The molecule has 0 bridgehead atoms. The Morgan fingerprint density at radius 3 is 2.42 bits per heavy atom. The molecule has 0 amide bonds. The van der Waals surface area contributed by atoms with Crippen molar-refractivity contribution in [3.05, 3.63) is 118 Å². The molecule has 11 heteroatoms. The Kier molecular flexibility index (Phi) is 9.11. The number of methoxy groups -OCH3 is 2. The highest BCUT2D eigenvalue weighted by molar-refractivity contribution is 14.1. The van der Waals surface area contributed by atoms with E-state index in [-0.39, 0.29) is 17.9 Å². The highest BCUT2D eigenvalue weighted by Gasteiger charge is 2.33. The van der Waals surface area contributed by atoms with Gasteiger partial charge in [-0.15, -0.1) is 0 Å². The molecule has 0 saturated heterocycles. The van der Waals surface area contributed by atoms with Crippen molar-refractivity contribution in [1.82, 2.24) is 4.57 Å². The van der Waals surface area contributed by atoms with Crippen LogP contribution >= 0.6 is 33.9 Å². The monoisotopic (exact) mass is 710 g/mol. The highest BCUT2D eigenvalue weighted by atomic mass is 127. The minimum absolute atomic E-state index is 0.188. The number of rotatable bonds is 8. The number of thiazole rings is 1. The number of carbonyl (C=O) groups excluding carboxylic acids is 2. The maximum Gasteiger partial charge on any atom is 0.344 e. The Morgan fingerprint density at radius 2 is 1.74 bits per heavy atom. The van der Waals surface area contributed by atoms with E-state index in [9.17, 15) is 14.4 Å². The standard InChI is InChI=1S/C32H27IN2O7S/c1-5-41-31(38)27-18(2)34-32-35(28(27)20-11-13-21(39-3)14-12-20)29(36)26(43-32)17-19-10-15-24(25(16-19)40-4)42-30(37)22-8-6-7-9-23(22)33/h6-17,28H,5H2,1-4H3/t28-/m0/s1. The van der Waals surface area contributed by atoms with Gasteiger partial charge in [-0.2, -0.15) is 0 Å². The van der Waals surface area contributed by atoms with Crippen molar-refractivity contribution >= 4 is 51.9 Å². The molecule has 1 aliphatic rings. The number of nitrogens with zero attached hydrogens (tertiary/aromatic N) is 2. The van der Waals surface area contributed by atoms with Crippen LogP contribution in [0.5, 0.6) is 17.2 Å². The number of fused-ring (bicyclic) bond motifs is 1. The first-order valence-corrected chi connectivity index (χ1v) is 15.1. The van der Waals surface area contributed by atoms with E-state index in [1.54, 1.807) is 69.5 Å². The van der Waals surface area contributed by atoms with E-state index >= 15 is 0 Å². The van der Waals surface area contributed by atoms with Crippen molar-refractivity contribution in [2.45, 2.75) is 19.9 Å². The van der Waals surface area contributed by atoms with Crippen LogP contribution in [-0.4, -0.2) is 37.3 Å². The molecule has 3 aromatic carbocycles. The second-order valence-electron chi connectivity index (χ2n) is 9.36. The fourth-order valence-electron chi connectivity index (χ4n) is 4.68. The van der Waals surface area contributed by atoms with Gasteiger partial charge < -0.3 is 18.9 Å². The molecule has 0 fully saturated rings. The largest absolute Gasteiger partial charge is 0.497 e. The molecule has 9 nitrogen and oxygen atoms in total. The van der Waals surface area contributed by atoms with Crippen LogP contribution in [0, 0.1) is 3.57 Å². The van der Waals surface area contributed by atoms with Gasteiger partial charge in [-0.05, 0) is 90.0 Å². The summed E-state index contributed by atoms with van der Waals surface area (Å²) >= 11 is 3.29. The lowest BCUT2D eigenvalue weighted by molar-refractivity contribution is -0.139. The zero-order chi connectivity index (χ0) is 30.7. The Labute approximate surface area is 264 Å². The van der Waals surface area contributed by atoms with Crippen molar-refractivity contribution in [2.75, 3.05) is 20.8 Å². The summed E-state index contributed by atoms with van der Waals surface area (Å²) in [6.45, 7) is 3.66. The number of hydrogen-bond donors (Lipinski definition) is 0. The lowest BCUT2D eigenvalue weighted by atomic mass is 9.96. The molecule has 1 aromatic heterocycles. The van der Waals surface area contributed by atoms with Crippen LogP contribution in [0.2, 0.25) is 0 Å². The molecule has 0 saturated carbocycles. The van der Waals surface area contributed by atoms with E-state index in [0.29, 0.717) is 48.8 Å². The number of carbonyl (C=O) groups is 2. The molecule has 0 radical (unpaired) electrons. The molecule has 0 spiro atoms. The van der Waals surface area contributed by atoms with E-state index in [2.05, 4.69) is 27.6 Å². The average molecular weight is 711 g/mol. The zero-order valence-corrected chi connectivity index (χ0v) is 26.7. The predicted molar refractivity (Wildman–Crippen MR) is 171 cm³/mol. The van der Waals surface area contributed by atoms with Crippen LogP contribution in [0.3, 0.4) is 0 Å². The van der Waals surface area contributed by atoms with Crippen molar-refractivity contribution in [3.63, 3.8) is 0 Å². The maximum absolute atomic E-state index is 13.9. The second-order valence-corrected chi connectivity index (χ2v) is 11.5. The van der Waals surface area contributed by atoms with Gasteiger partial charge >= 0.3 is 11.9 Å². The smallest absolute Gasteiger partial charge is 0.344 e. The summed E-state index contributed by atoms with van der Waals surface area (Å²) in [6, 6.07) is 18.6. The van der Waals surface area contributed by atoms with Gasteiger partial charge in [0, 0.05) is 3.57 Å². The highest BCUT2D eigenvalue weighted by Crippen LogP contribution is 2.32. The number of ether oxygens (including phenoxy) is 4. The maximum atomic E-state index is 13.9. The molecular formula is C32H27IN2O7S. The van der Waals surface area contributed by atoms with Crippen molar-refractivity contribution in [2.24, 2.45) is 4.99 Å². The fraction of sp³-hybridized carbons (Fsp3) is 0.188. The molecule has 0 aliphatic carbocycles. The van der Waals surface area contributed by atoms with E-state index in [1.807, 2.05) is 24.3 Å². The third kappa shape index (κ3) is 6.13. The molecule has 1 atom stereocenters. The molecular weight excluding hydrogens is 683 g/mol. The fourth-order valence-corrected chi connectivity index (χ4v) is 6.34. The minimum atomic E-state index is -0.736. The quantitative estimate of drug-likeness (QED) is 0.149. The second kappa shape index (κ2) is 13.0. The predicted octanol–water partition coefficient (Wildman–Crippen LogP) is 4.64. The normalized spacial score (nSPS) is 14.5. The first kappa shape index (κ1) is 30.2. The lowest BCUT2D eigenvalue weighted by Crippen LogP contribution is -2.39. The average Bonchev–Trinajstić information content (AvgIpc) is 3.31. The van der Waals surface area contributed by atoms with Crippen LogP contribution in [0.25, 0.3) is 6.08 Å².